The predicted molar refractivity (Wildman–Crippen MR) is 242 cm³/mol. The largest absolute Gasteiger partial charge is 0.310 e. The van der Waals surface area contributed by atoms with Crippen molar-refractivity contribution in [2.75, 3.05) is 4.90 Å². The van der Waals surface area contributed by atoms with Gasteiger partial charge in [-0.25, -0.2) is 0 Å². The highest BCUT2D eigenvalue weighted by atomic mass is 15.1. The van der Waals surface area contributed by atoms with Crippen LogP contribution in [0.25, 0.3) is 60.5 Å². The molecule has 2 nitrogen and oxygen atoms in total. The molecule has 4 fully saturated rings. The Morgan fingerprint density at radius 1 is 0.414 bits per heavy atom. The van der Waals surface area contributed by atoms with E-state index in [1.165, 1.54) is 98.3 Å². The topological polar surface area (TPSA) is 8.17 Å². The van der Waals surface area contributed by atoms with E-state index in [1.54, 1.807) is 11.1 Å². The number of hydrogen-bond donors (Lipinski definition) is 0. The number of nitrogens with zero attached hydrogens (tertiary/aromatic N) is 2. The molecule has 0 aliphatic heterocycles. The Bertz CT molecular complexity index is 3050. The summed E-state index contributed by atoms with van der Waals surface area (Å²) >= 11 is 0. The third-order valence-corrected chi connectivity index (χ3v) is 14.9. The van der Waals surface area contributed by atoms with E-state index in [0.717, 1.165) is 35.0 Å². The van der Waals surface area contributed by atoms with E-state index in [-0.39, 0.29) is 5.41 Å². The molecule has 4 bridgehead atoms. The molecule has 2 heteroatoms. The third-order valence-electron chi connectivity index (χ3n) is 14.9. The van der Waals surface area contributed by atoms with Gasteiger partial charge in [-0.1, -0.05) is 115 Å². The van der Waals surface area contributed by atoms with Gasteiger partial charge >= 0.3 is 0 Å². The molecule has 4 saturated carbocycles. The molecule has 0 N–H and O–H groups in total. The van der Waals surface area contributed by atoms with Crippen LogP contribution in [0.1, 0.15) is 43.2 Å². The van der Waals surface area contributed by atoms with E-state index < -0.39 is 0 Å². The van der Waals surface area contributed by atoms with Crippen molar-refractivity contribution in [2.45, 2.75) is 37.5 Å². The summed E-state index contributed by atoms with van der Waals surface area (Å²) in [7, 11) is 0. The molecule has 0 amide bonds. The number of fused-ring (bicyclic) bond motifs is 7. The monoisotopic (exact) mass is 744 g/mol. The summed E-state index contributed by atoms with van der Waals surface area (Å²) in [6.07, 6.45) is 7.06. The summed E-state index contributed by atoms with van der Waals surface area (Å²) in [5.41, 5.74) is 15.9. The number of para-hydroxylation sites is 2. The Balaban J connectivity index is 0.997. The van der Waals surface area contributed by atoms with Gasteiger partial charge < -0.3 is 9.47 Å². The van der Waals surface area contributed by atoms with Crippen molar-refractivity contribution in [1.29, 1.82) is 0 Å². The van der Waals surface area contributed by atoms with E-state index >= 15 is 0 Å². The van der Waals surface area contributed by atoms with Crippen LogP contribution in [0.2, 0.25) is 0 Å². The smallest absolute Gasteiger partial charge is 0.0542 e. The fourth-order valence-corrected chi connectivity index (χ4v) is 12.9. The molecule has 0 unspecified atom stereocenters. The fourth-order valence-electron chi connectivity index (χ4n) is 12.9. The van der Waals surface area contributed by atoms with E-state index in [4.69, 9.17) is 0 Å². The molecule has 0 radical (unpaired) electrons. The highest BCUT2D eigenvalue weighted by molar-refractivity contribution is 6.10. The first-order chi connectivity index (χ1) is 28.7. The molecule has 9 aromatic rings. The van der Waals surface area contributed by atoms with Crippen molar-refractivity contribution in [3.8, 4) is 27.9 Å². The van der Waals surface area contributed by atoms with Crippen LogP contribution in [-0.4, -0.2) is 4.57 Å². The lowest BCUT2D eigenvalue weighted by molar-refractivity contribution is -0.0399. The summed E-state index contributed by atoms with van der Waals surface area (Å²) in [4.78, 5) is 2.50. The van der Waals surface area contributed by atoms with E-state index in [1.807, 2.05) is 0 Å². The van der Waals surface area contributed by atoms with E-state index in [2.05, 4.69) is 191 Å². The van der Waals surface area contributed by atoms with Gasteiger partial charge in [0.2, 0.25) is 0 Å². The quantitative estimate of drug-likeness (QED) is 0.170. The van der Waals surface area contributed by atoms with Gasteiger partial charge in [0.25, 0.3) is 0 Å². The van der Waals surface area contributed by atoms with Gasteiger partial charge in [-0.15, -0.1) is 0 Å². The highest BCUT2D eigenvalue weighted by Gasteiger charge is 2.61. The van der Waals surface area contributed by atoms with Crippen molar-refractivity contribution < 1.29 is 0 Å². The van der Waals surface area contributed by atoms with E-state index in [0.29, 0.717) is 0 Å². The average Bonchev–Trinajstić information content (AvgIpc) is 3.76. The second-order valence-corrected chi connectivity index (χ2v) is 17.8. The molecule has 58 heavy (non-hydrogen) atoms. The van der Waals surface area contributed by atoms with Gasteiger partial charge in [0, 0.05) is 38.9 Å². The Kier molecular flexibility index (Phi) is 6.94. The van der Waals surface area contributed by atoms with Crippen molar-refractivity contribution in [3.63, 3.8) is 0 Å². The lowest BCUT2D eigenvalue weighted by Gasteiger charge is -2.61. The summed E-state index contributed by atoms with van der Waals surface area (Å²) in [6.45, 7) is 0. The SMILES string of the molecule is c1ccc(-n2c3ccccc3c3cc(N(c4ccc(-c5ccc6ccccc6c5)cc4)c4ccc5c(c4)-c4ccccc4C54C5CC6CC(C5)CC4C6)ccc32)cc1. The lowest BCUT2D eigenvalue weighted by atomic mass is 9.43. The predicted octanol–water partition coefficient (Wildman–Crippen LogP) is 14.8. The number of hydrogen-bond acceptors (Lipinski definition) is 1. The van der Waals surface area contributed by atoms with Gasteiger partial charge in [0.1, 0.15) is 0 Å². The fraction of sp³-hybridized carbons (Fsp3) is 0.179. The van der Waals surface area contributed by atoms with Crippen molar-refractivity contribution in [3.05, 3.63) is 193 Å². The van der Waals surface area contributed by atoms with Crippen LogP contribution in [0.3, 0.4) is 0 Å². The zero-order valence-corrected chi connectivity index (χ0v) is 32.6. The molecule has 14 rings (SSSR count). The van der Waals surface area contributed by atoms with Crippen LogP contribution < -0.4 is 4.90 Å². The van der Waals surface area contributed by atoms with Gasteiger partial charge in [0.05, 0.1) is 11.0 Å². The van der Waals surface area contributed by atoms with Gasteiger partial charge in [-0.3, -0.25) is 0 Å². The van der Waals surface area contributed by atoms with Gasteiger partial charge in [-0.2, -0.15) is 0 Å². The van der Waals surface area contributed by atoms with E-state index in [9.17, 15) is 0 Å². The highest BCUT2D eigenvalue weighted by Crippen LogP contribution is 2.69. The van der Waals surface area contributed by atoms with Crippen LogP contribution in [0.15, 0.2) is 182 Å². The van der Waals surface area contributed by atoms with Crippen LogP contribution in [0, 0.1) is 23.7 Å². The van der Waals surface area contributed by atoms with Crippen LogP contribution in [0.5, 0.6) is 0 Å². The maximum absolute atomic E-state index is 2.56. The summed E-state index contributed by atoms with van der Waals surface area (Å²) in [6, 6.07) is 68.5. The summed E-state index contributed by atoms with van der Waals surface area (Å²) in [5.74, 6) is 3.36. The molecule has 8 aromatic carbocycles. The second kappa shape index (κ2) is 12.3. The standard InChI is InChI=1S/C56H44N2/c1-2-12-44(13-3-1)58-54-17-9-7-15-49(54)51-35-47(25-27-55(51)58)57(45-22-20-39(21-23-45)41-19-18-38-10-4-5-11-40(38)33-41)46-24-26-53-50(34-46)48-14-6-8-16-52(48)56(53)42-29-36-28-37(31-42)32-43(56)30-36/h1-27,33-37,42-43H,28-32H2. The molecule has 1 spiro atoms. The molecule has 1 heterocycles. The van der Waals surface area contributed by atoms with Crippen molar-refractivity contribution in [1.82, 2.24) is 4.57 Å². The molecule has 5 aliphatic rings. The first-order valence-corrected chi connectivity index (χ1v) is 21.4. The minimum Gasteiger partial charge on any atom is -0.310 e. The Labute approximate surface area is 340 Å². The van der Waals surface area contributed by atoms with Gasteiger partial charge in [-0.05, 0) is 167 Å². The minimum atomic E-state index is 0.155. The maximum Gasteiger partial charge on any atom is 0.0542 e. The number of benzene rings is 8. The molecule has 0 saturated heterocycles. The molecule has 278 valence electrons. The zero-order chi connectivity index (χ0) is 38.0. The first-order valence-electron chi connectivity index (χ1n) is 21.4. The van der Waals surface area contributed by atoms with Crippen LogP contribution >= 0.6 is 0 Å². The van der Waals surface area contributed by atoms with Gasteiger partial charge in [0.15, 0.2) is 0 Å². The molecule has 0 atom stereocenters. The second-order valence-electron chi connectivity index (χ2n) is 17.8. The number of aromatic nitrogens is 1. The molecular formula is C56H44N2. The molecule has 5 aliphatic carbocycles. The number of rotatable bonds is 5. The Morgan fingerprint density at radius 3 is 1.86 bits per heavy atom. The average molecular weight is 745 g/mol. The maximum atomic E-state index is 2.56. The first kappa shape index (κ1) is 32.7. The Hall–Kier alpha value is -6.38. The normalized spacial score (nSPS) is 22.6. The zero-order valence-electron chi connectivity index (χ0n) is 32.6. The summed E-state index contributed by atoms with van der Waals surface area (Å²) < 4.78 is 2.41. The molecular weight excluding hydrogens is 701 g/mol. The van der Waals surface area contributed by atoms with Crippen LogP contribution in [-0.2, 0) is 5.41 Å². The minimum absolute atomic E-state index is 0.155. The Morgan fingerprint density at radius 2 is 1.03 bits per heavy atom. The van der Waals surface area contributed by atoms with Crippen LogP contribution in [0.4, 0.5) is 17.1 Å². The van der Waals surface area contributed by atoms with Crippen molar-refractivity contribution >= 4 is 49.6 Å². The molecule has 1 aromatic heterocycles. The number of anilines is 3. The summed E-state index contributed by atoms with van der Waals surface area (Å²) in [5, 5.41) is 5.06. The third kappa shape index (κ3) is 4.60. The lowest BCUT2D eigenvalue weighted by Crippen LogP contribution is -2.55. The van der Waals surface area contributed by atoms with Crippen molar-refractivity contribution in [2.24, 2.45) is 23.7 Å².